The fourth-order valence-corrected chi connectivity index (χ4v) is 4.34. The Hall–Kier alpha value is -3.36. The molecule has 0 heterocycles. The molecule has 0 fully saturated rings. The van der Waals surface area contributed by atoms with E-state index < -0.39 is 16.2 Å². The first-order chi connectivity index (χ1) is 17.8. The SMILES string of the molecule is CCOC(=O)C(Cc1ccc(OCCc2ccc(OS(C)(=O)=O)cc2)c(Cc2ccccc2)c1)OCC. The summed E-state index contributed by atoms with van der Waals surface area (Å²) < 4.78 is 44.5. The van der Waals surface area contributed by atoms with Crippen LogP contribution in [0.4, 0.5) is 0 Å². The van der Waals surface area contributed by atoms with E-state index in [1.165, 1.54) is 0 Å². The molecule has 7 nitrogen and oxygen atoms in total. The van der Waals surface area contributed by atoms with E-state index in [0.29, 0.717) is 39.1 Å². The van der Waals surface area contributed by atoms with Crippen molar-refractivity contribution >= 4 is 16.1 Å². The molecule has 3 rings (SSSR count). The van der Waals surface area contributed by atoms with E-state index in [1.54, 1.807) is 19.1 Å². The Kier molecular flexibility index (Phi) is 10.5. The summed E-state index contributed by atoms with van der Waals surface area (Å²) in [5.74, 6) is 0.692. The lowest BCUT2D eigenvalue weighted by atomic mass is 9.99. The average molecular weight is 527 g/mol. The van der Waals surface area contributed by atoms with E-state index >= 15 is 0 Å². The monoisotopic (exact) mass is 526 g/mol. The zero-order valence-corrected chi connectivity index (χ0v) is 22.3. The van der Waals surface area contributed by atoms with Gasteiger partial charge in [0, 0.05) is 25.9 Å². The van der Waals surface area contributed by atoms with Gasteiger partial charge in [0.2, 0.25) is 0 Å². The molecule has 1 atom stereocenters. The maximum absolute atomic E-state index is 12.3. The lowest BCUT2D eigenvalue weighted by Crippen LogP contribution is -2.29. The molecule has 8 heteroatoms. The molecule has 0 radical (unpaired) electrons. The summed E-state index contributed by atoms with van der Waals surface area (Å²) in [7, 11) is -3.55. The minimum absolute atomic E-state index is 0.279. The number of esters is 1. The third-order valence-corrected chi connectivity index (χ3v) is 6.02. The van der Waals surface area contributed by atoms with Crippen molar-refractivity contribution in [2.24, 2.45) is 0 Å². The van der Waals surface area contributed by atoms with Crippen LogP contribution in [0.15, 0.2) is 72.8 Å². The summed E-state index contributed by atoms with van der Waals surface area (Å²) >= 11 is 0. The molecule has 0 spiro atoms. The Bertz CT molecular complexity index is 1240. The predicted molar refractivity (Wildman–Crippen MR) is 143 cm³/mol. The third-order valence-electron chi connectivity index (χ3n) is 5.52. The van der Waals surface area contributed by atoms with Crippen molar-refractivity contribution in [2.45, 2.75) is 39.2 Å². The van der Waals surface area contributed by atoms with Gasteiger partial charge in [-0.05, 0) is 54.3 Å². The van der Waals surface area contributed by atoms with Crippen molar-refractivity contribution < 1.29 is 31.6 Å². The van der Waals surface area contributed by atoms with Crippen LogP contribution >= 0.6 is 0 Å². The van der Waals surface area contributed by atoms with Crippen LogP contribution in [0.25, 0.3) is 0 Å². The summed E-state index contributed by atoms with van der Waals surface area (Å²) in [6.07, 6.45) is 2.09. The second kappa shape index (κ2) is 13.8. The van der Waals surface area contributed by atoms with Crippen molar-refractivity contribution in [2.75, 3.05) is 26.1 Å². The first kappa shape index (κ1) is 28.2. The molecule has 0 aliphatic rings. The summed E-state index contributed by atoms with van der Waals surface area (Å²) in [6, 6.07) is 23.0. The van der Waals surface area contributed by atoms with Gasteiger partial charge in [-0.1, -0.05) is 54.6 Å². The Morgan fingerprint density at radius 1 is 0.865 bits per heavy atom. The van der Waals surface area contributed by atoms with E-state index in [0.717, 1.165) is 34.3 Å². The fourth-order valence-electron chi connectivity index (χ4n) is 3.88. The molecule has 0 amide bonds. The van der Waals surface area contributed by atoms with Gasteiger partial charge in [0.25, 0.3) is 0 Å². The van der Waals surface area contributed by atoms with Crippen molar-refractivity contribution in [1.82, 2.24) is 0 Å². The number of ether oxygens (including phenoxy) is 3. The molecule has 37 heavy (non-hydrogen) atoms. The van der Waals surface area contributed by atoms with Crippen molar-refractivity contribution in [3.05, 3.63) is 95.1 Å². The molecule has 0 aromatic heterocycles. The Morgan fingerprint density at radius 3 is 2.22 bits per heavy atom. The summed E-state index contributed by atoms with van der Waals surface area (Å²) in [6.45, 7) is 4.81. The highest BCUT2D eigenvalue weighted by Gasteiger charge is 2.21. The van der Waals surface area contributed by atoms with E-state index in [2.05, 4.69) is 18.2 Å². The molecule has 198 valence electrons. The van der Waals surface area contributed by atoms with E-state index in [1.807, 2.05) is 49.4 Å². The second-order valence-corrected chi connectivity index (χ2v) is 10.1. The van der Waals surface area contributed by atoms with Crippen LogP contribution in [0, 0.1) is 0 Å². The molecule has 3 aromatic rings. The van der Waals surface area contributed by atoms with Crippen LogP contribution < -0.4 is 8.92 Å². The molecule has 0 aliphatic carbocycles. The van der Waals surface area contributed by atoms with Gasteiger partial charge in [-0.25, -0.2) is 4.79 Å². The fraction of sp³-hybridized carbons (Fsp3) is 0.345. The van der Waals surface area contributed by atoms with Gasteiger partial charge in [0.1, 0.15) is 11.5 Å². The second-order valence-electron chi connectivity index (χ2n) is 8.53. The molecule has 3 aromatic carbocycles. The van der Waals surface area contributed by atoms with Gasteiger partial charge >= 0.3 is 16.1 Å². The summed E-state index contributed by atoms with van der Waals surface area (Å²) in [5, 5.41) is 0. The third kappa shape index (κ3) is 9.55. The molecule has 0 bridgehead atoms. The number of rotatable bonds is 14. The number of hydrogen-bond acceptors (Lipinski definition) is 7. The van der Waals surface area contributed by atoms with E-state index in [-0.39, 0.29) is 11.7 Å². The van der Waals surface area contributed by atoms with Gasteiger partial charge in [-0.3, -0.25) is 0 Å². The van der Waals surface area contributed by atoms with Crippen molar-refractivity contribution in [3.8, 4) is 11.5 Å². The zero-order valence-electron chi connectivity index (χ0n) is 21.5. The van der Waals surface area contributed by atoms with Crippen molar-refractivity contribution in [3.63, 3.8) is 0 Å². The van der Waals surface area contributed by atoms with Crippen LogP contribution in [0.3, 0.4) is 0 Å². The van der Waals surface area contributed by atoms with Gasteiger partial charge in [0.15, 0.2) is 6.10 Å². The highest BCUT2D eigenvalue weighted by molar-refractivity contribution is 7.86. The van der Waals surface area contributed by atoms with Gasteiger partial charge < -0.3 is 18.4 Å². The molecular weight excluding hydrogens is 492 g/mol. The normalized spacial score (nSPS) is 12.1. The standard InChI is InChI=1S/C29H34O7S/c1-4-33-28(29(30)34-5-2)21-24-13-16-27(25(20-24)19-23-9-7-6-8-10-23)35-18-17-22-11-14-26(15-12-22)36-37(3,31)32/h6-16,20,28H,4-5,17-19,21H2,1-3H3. The zero-order chi connectivity index (χ0) is 26.7. The van der Waals surface area contributed by atoms with E-state index in [4.69, 9.17) is 18.4 Å². The van der Waals surface area contributed by atoms with Gasteiger partial charge in [0.05, 0.1) is 19.5 Å². The van der Waals surface area contributed by atoms with Gasteiger partial charge in [-0.15, -0.1) is 0 Å². The van der Waals surface area contributed by atoms with Crippen molar-refractivity contribution in [1.29, 1.82) is 0 Å². The summed E-state index contributed by atoms with van der Waals surface area (Å²) in [5.41, 5.74) is 4.12. The summed E-state index contributed by atoms with van der Waals surface area (Å²) in [4.78, 5) is 12.3. The topological polar surface area (TPSA) is 88.1 Å². The smallest absolute Gasteiger partial charge is 0.335 e. The predicted octanol–water partition coefficient (Wildman–Crippen LogP) is 4.75. The van der Waals surface area contributed by atoms with Crippen LogP contribution in [0.5, 0.6) is 11.5 Å². The maximum Gasteiger partial charge on any atom is 0.335 e. The quantitative estimate of drug-likeness (QED) is 0.221. The molecule has 0 saturated heterocycles. The number of hydrogen-bond donors (Lipinski definition) is 0. The average Bonchev–Trinajstić information content (AvgIpc) is 2.86. The molecule has 1 unspecified atom stereocenters. The molecular formula is C29H34O7S. The van der Waals surface area contributed by atoms with Gasteiger partial charge in [-0.2, -0.15) is 8.42 Å². The largest absolute Gasteiger partial charge is 0.493 e. The number of carbonyl (C=O) groups excluding carboxylic acids is 1. The minimum atomic E-state index is -3.55. The first-order valence-corrected chi connectivity index (χ1v) is 14.1. The lowest BCUT2D eigenvalue weighted by Gasteiger charge is -2.18. The number of carbonyl (C=O) groups is 1. The first-order valence-electron chi connectivity index (χ1n) is 12.3. The Labute approximate surface area is 219 Å². The highest BCUT2D eigenvalue weighted by atomic mass is 32.2. The Morgan fingerprint density at radius 2 is 1.57 bits per heavy atom. The minimum Gasteiger partial charge on any atom is -0.493 e. The van der Waals surface area contributed by atoms with Crippen LogP contribution in [-0.4, -0.2) is 46.6 Å². The molecule has 0 N–H and O–H groups in total. The van der Waals surface area contributed by atoms with Crippen LogP contribution in [0.1, 0.15) is 36.1 Å². The molecule has 0 aliphatic heterocycles. The van der Waals surface area contributed by atoms with Crippen LogP contribution in [0.2, 0.25) is 0 Å². The number of benzene rings is 3. The Balaban J connectivity index is 1.72. The lowest BCUT2D eigenvalue weighted by molar-refractivity contribution is -0.156. The van der Waals surface area contributed by atoms with E-state index in [9.17, 15) is 13.2 Å². The molecule has 0 saturated carbocycles. The highest BCUT2D eigenvalue weighted by Crippen LogP contribution is 2.25. The maximum atomic E-state index is 12.3. The van der Waals surface area contributed by atoms with Crippen LogP contribution in [-0.2, 0) is 43.6 Å².